The van der Waals surface area contributed by atoms with Crippen molar-refractivity contribution in [3.63, 3.8) is 0 Å². The molecule has 2 unspecified atom stereocenters. The lowest BCUT2D eigenvalue weighted by Gasteiger charge is -2.45. The van der Waals surface area contributed by atoms with Crippen LogP contribution in [0.4, 0.5) is 0 Å². The van der Waals surface area contributed by atoms with Gasteiger partial charge < -0.3 is 11.1 Å². The number of fused-ring (bicyclic) bond motifs is 2. The number of carbonyl (C=O) groups is 1. The molecule has 3 N–H and O–H groups in total. The maximum absolute atomic E-state index is 12.4. The van der Waals surface area contributed by atoms with E-state index in [2.05, 4.69) is 5.32 Å². The van der Waals surface area contributed by atoms with Crippen molar-refractivity contribution < 1.29 is 4.79 Å². The van der Waals surface area contributed by atoms with Gasteiger partial charge in [0.25, 0.3) is 0 Å². The summed E-state index contributed by atoms with van der Waals surface area (Å²) >= 11 is 12.0. The fourth-order valence-electron chi connectivity index (χ4n) is 4.10. The van der Waals surface area contributed by atoms with E-state index >= 15 is 0 Å². The molecule has 1 amide bonds. The van der Waals surface area contributed by atoms with Crippen molar-refractivity contribution in [3.05, 3.63) is 33.8 Å². The molecule has 2 bridgehead atoms. The second kappa shape index (κ2) is 8.06. The molecule has 0 saturated heterocycles. The lowest BCUT2D eigenvalue weighted by molar-refractivity contribution is -0.122. The Bertz CT molecular complexity index is 553. The topological polar surface area (TPSA) is 55.1 Å². The van der Waals surface area contributed by atoms with Gasteiger partial charge in [-0.15, -0.1) is 12.4 Å². The fourth-order valence-corrected chi connectivity index (χ4v) is 4.58. The van der Waals surface area contributed by atoms with E-state index in [1.165, 1.54) is 19.3 Å². The second-order valence-corrected chi connectivity index (χ2v) is 7.53. The Morgan fingerprint density at radius 1 is 1.22 bits per heavy atom. The molecule has 0 radical (unpaired) electrons. The number of rotatable bonds is 3. The Morgan fingerprint density at radius 2 is 1.87 bits per heavy atom. The number of nitrogens with two attached hydrogens (primary N) is 1. The Hall–Kier alpha value is -0.480. The number of carbonyl (C=O) groups excluding carboxylic acids is 1. The monoisotopic (exact) mass is 376 g/mol. The van der Waals surface area contributed by atoms with Crippen LogP contribution in [0.25, 0.3) is 0 Å². The van der Waals surface area contributed by atoms with E-state index < -0.39 is 0 Å². The molecule has 0 spiro atoms. The van der Waals surface area contributed by atoms with Crippen molar-refractivity contribution in [2.75, 3.05) is 0 Å². The fraction of sp³-hybridized carbons (Fsp3) is 0.588. The summed E-state index contributed by atoms with van der Waals surface area (Å²) in [6.07, 6.45) is 5.98. The number of hydrogen-bond donors (Lipinski definition) is 2. The van der Waals surface area contributed by atoms with Gasteiger partial charge in [0.1, 0.15) is 0 Å². The van der Waals surface area contributed by atoms with E-state index in [9.17, 15) is 4.79 Å². The van der Waals surface area contributed by atoms with Crippen LogP contribution < -0.4 is 11.1 Å². The van der Waals surface area contributed by atoms with Gasteiger partial charge in [0, 0.05) is 22.1 Å². The number of amides is 1. The first-order chi connectivity index (χ1) is 10.5. The number of nitrogens with one attached hydrogen (secondary N) is 1. The third-order valence-corrected chi connectivity index (χ3v) is 5.66. The second-order valence-electron chi connectivity index (χ2n) is 6.69. The Kier molecular flexibility index (Phi) is 6.61. The van der Waals surface area contributed by atoms with Gasteiger partial charge in [0.2, 0.25) is 5.91 Å². The molecule has 0 heterocycles. The number of halogens is 3. The SMILES string of the molecule is Cl.NC1CC2CCCC(C1)C2NC(=O)Cc1ccc(Cl)cc1Cl. The van der Waals surface area contributed by atoms with E-state index in [1.54, 1.807) is 12.1 Å². The highest BCUT2D eigenvalue weighted by molar-refractivity contribution is 6.35. The zero-order valence-electron chi connectivity index (χ0n) is 12.9. The molecule has 2 fully saturated rings. The molecule has 23 heavy (non-hydrogen) atoms. The van der Waals surface area contributed by atoms with Crippen LogP contribution in [0.15, 0.2) is 18.2 Å². The third-order valence-electron chi connectivity index (χ3n) is 5.07. The Labute approximate surface area is 153 Å². The highest BCUT2D eigenvalue weighted by Gasteiger charge is 2.39. The zero-order valence-corrected chi connectivity index (χ0v) is 15.3. The highest BCUT2D eigenvalue weighted by Crippen LogP contribution is 2.39. The van der Waals surface area contributed by atoms with Gasteiger partial charge in [-0.1, -0.05) is 35.7 Å². The minimum absolute atomic E-state index is 0. The maximum atomic E-state index is 12.4. The van der Waals surface area contributed by atoms with Crippen molar-refractivity contribution in [2.45, 2.75) is 50.6 Å². The van der Waals surface area contributed by atoms with Gasteiger partial charge in [0.15, 0.2) is 0 Å². The van der Waals surface area contributed by atoms with Gasteiger partial charge >= 0.3 is 0 Å². The van der Waals surface area contributed by atoms with Crippen LogP contribution in [0.1, 0.15) is 37.7 Å². The summed E-state index contributed by atoms with van der Waals surface area (Å²) in [7, 11) is 0. The van der Waals surface area contributed by atoms with Crippen LogP contribution in [-0.4, -0.2) is 18.0 Å². The first kappa shape index (κ1) is 18.9. The summed E-state index contributed by atoms with van der Waals surface area (Å²) in [4.78, 5) is 12.4. The van der Waals surface area contributed by atoms with Gasteiger partial charge in [-0.05, 0) is 55.2 Å². The van der Waals surface area contributed by atoms with Crippen LogP contribution in [0.3, 0.4) is 0 Å². The van der Waals surface area contributed by atoms with E-state index in [1.807, 2.05) is 6.07 Å². The smallest absolute Gasteiger partial charge is 0.224 e. The number of benzene rings is 1. The molecule has 3 nitrogen and oxygen atoms in total. The first-order valence-corrected chi connectivity index (χ1v) is 8.77. The lowest BCUT2D eigenvalue weighted by Crippen LogP contribution is -2.54. The predicted octanol–water partition coefficient (Wildman–Crippen LogP) is 3.98. The van der Waals surface area contributed by atoms with Crippen molar-refractivity contribution in [2.24, 2.45) is 17.6 Å². The normalized spacial score (nSPS) is 29.5. The van der Waals surface area contributed by atoms with Crippen LogP contribution in [0.2, 0.25) is 10.0 Å². The van der Waals surface area contributed by atoms with Crippen molar-refractivity contribution in [1.82, 2.24) is 5.32 Å². The largest absolute Gasteiger partial charge is 0.353 e. The lowest BCUT2D eigenvalue weighted by atomic mass is 9.67. The van der Waals surface area contributed by atoms with Crippen LogP contribution in [-0.2, 0) is 11.2 Å². The van der Waals surface area contributed by atoms with E-state index in [0.717, 1.165) is 18.4 Å². The number of hydrogen-bond acceptors (Lipinski definition) is 2. The molecule has 2 atom stereocenters. The summed E-state index contributed by atoms with van der Waals surface area (Å²) in [6, 6.07) is 5.85. The molecule has 2 aliphatic rings. The Balaban J connectivity index is 0.00000192. The molecule has 6 heteroatoms. The van der Waals surface area contributed by atoms with E-state index in [0.29, 0.717) is 34.3 Å². The highest BCUT2D eigenvalue weighted by atomic mass is 35.5. The molecule has 2 saturated carbocycles. The molecule has 1 aromatic carbocycles. The molecular weight excluding hydrogens is 355 g/mol. The van der Waals surface area contributed by atoms with Crippen molar-refractivity contribution in [3.8, 4) is 0 Å². The summed E-state index contributed by atoms with van der Waals surface area (Å²) in [5, 5.41) is 4.38. The summed E-state index contributed by atoms with van der Waals surface area (Å²) in [6.45, 7) is 0. The van der Waals surface area contributed by atoms with E-state index in [-0.39, 0.29) is 24.4 Å². The van der Waals surface area contributed by atoms with Crippen LogP contribution in [0.5, 0.6) is 0 Å². The minimum Gasteiger partial charge on any atom is -0.353 e. The first-order valence-electron chi connectivity index (χ1n) is 8.02. The van der Waals surface area contributed by atoms with Gasteiger partial charge in [-0.2, -0.15) is 0 Å². The summed E-state index contributed by atoms with van der Waals surface area (Å²) in [5.74, 6) is 1.11. The summed E-state index contributed by atoms with van der Waals surface area (Å²) < 4.78 is 0. The molecule has 3 rings (SSSR count). The average molecular weight is 378 g/mol. The van der Waals surface area contributed by atoms with E-state index in [4.69, 9.17) is 28.9 Å². The quantitative estimate of drug-likeness (QED) is 0.837. The summed E-state index contributed by atoms with van der Waals surface area (Å²) in [5.41, 5.74) is 6.95. The van der Waals surface area contributed by atoms with Gasteiger partial charge in [-0.25, -0.2) is 0 Å². The van der Waals surface area contributed by atoms with Crippen LogP contribution >= 0.6 is 35.6 Å². The van der Waals surface area contributed by atoms with Crippen molar-refractivity contribution >= 4 is 41.5 Å². The molecule has 2 aliphatic carbocycles. The minimum atomic E-state index is 0. The standard InChI is InChI=1S/C17H22Cl2N2O.ClH/c18-13-5-4-10(15(19)9-13)8-16(22)21-17-11-2-1-3-12(17)7-14(20)6-11;/h4-5,9,11-12,14,17H,1-3,6-8,20H2,(H,21,22);1H. The van der Waals surface area contributed by atoms with Gasteiger partial charge in [0.05, 0.1) is 6.42 Å². The van der Waals surface area contributed by atoms with Crippen LogP contribution in [0, 0.1) is 11.8 Å². The molecule has 0 aliphatic heterocycles. The molecular formula is C17H23Cl3N2O. The Morgan fingerprint density at radius 3 is 2.48 bits per heavy atom. The average Bonchev–Trinajstić information content (AvgIpc) is 2.43. The zero-order chi connectivity index (χ0) is 15.7. The van der Waals surface area contributed by atoms with Gasteiger partial charge in [-0.3, -0.25) is 4.79 Å². The molecule has 1 aromatic rings. The predicted molar refractivity (Wildman–Crippen MR) is 97.4 cm³/mol. The van der Waals surface area contributed by atoms with Crippen molar-refractivity contribution in [1.29, 1.82) is 0 Å². The molecule has 0 aromatic heterocycles. The molecule has 128 valence electrons. The third kappa shape index (κ3) is 4.54. The maximum Gasteiger partial charge on any atom is 0.224 e.